The molecule has 0 saturated carbocycles. The summed E-state index contributed by atoms with van der Waals surface area (Å²) >= 11 is 0. The van der Waals surface area contributed by atoms with Crippen molar-refractivity contribution in [3.8, 4) is 0 Å². The average Bonchev–Trinajstić information content (AvgIpc) is 2.52. The van der Waals surface area contributed by atoms with Gasteiger partial charge in [0.25, 0.3) is 0 Å². The number of rotatable bonds is 7. The Kier molecular flexibility index (Phi) is 5.76. The van der Waals surface area contributed by atoms with E-state index < -0.39 is 0 Å². The van der Waals surface area contributed by atoms with Gasteiger partial charge in [0.15, 0.2) is 0 Å². The molecule has 0 unspecified atom stereocenters. The topological polar surface area (TPSA) is 0 Å². The Labute approximate surface area is 123 Å². The average molecular weight is 264 g/mol. The molecule has 0 N–H and O–H groups in total. The molecule has 2 aliphatic carbocycles. The molecule has 2 aliphatic rings. The third kappa shape index (κ3) is 4.18. The highest BCUT2D eigenvalue weighted by atomic mass is 14.1. The molecule has 0 spiro atoms. The maximum absolute atomic E-state index is 3.77. The molecule has 20 heavy (non-hydrogen) atoms. The summed E-state index contributed by atoms with van der Waals surface area (Å²) < 4.78 is 0. The molecule has 0 heterocycles. The first-order valence-electron chi connectivity index (χ1n) is 7.89. The van der Waals surface area contributed by atoms with Crippen LogP contribution in [-0.2, 0) is 0 Å². The van der Waals surface area contributed by atoms with Crippen LogP contribution in [0.3, 0.4) is 0 Å². The van der Waals surface area contributed by atoms with Gasteiger partial charge in [0.1, 0.15) is 0 Å². The van der Waals surface area contributed by atoms with Crippen molar-refractivity contribution in [1.29, 1.82) is 0 Å². The SMILES string of the molecule is C=CCCC1=C=C=C(C2=C=C=C(CCCC)CC2)CC1. The van der Waals surface area contributed by atoms with E-state index in [1.165, 1.54) is 41.6 Å². The van der Waals surface area contributed by atoms with E-state index in [0.29, 0.717) is 0 Å². The van der Waals surface area contributed by atoms with Crippen molar-refractivity contribution in [3.05, 3.63) is 57.9 Å². The highest BCUT2D eigenvalue weighted by Gasteiger charge is 2.12. The number of unbranched alkanes of at least 4 members (excludes halogenated alkanes) is 1. The zero-order chi connectivity index (χ0) is 14.2. The molecule has 0 heteroatoms. The lowest BCUT2D eigenvalue weighted by Crippen LogP contribution is -1.97. The predicted octanol–water partition coefficient (Wildman–Crippen LogP) is 5.94. The zero-order valence-corrected chi connectivity index (χ0v) is 12.6. The molecule has 104 valence electrons. The molecule has 2 rings (SSSR count). The summed E-state index contributed by atoms with van der Waals surface area (Å²) in [6, 6.07) is 0. The largest absolute Gasteiger partial charge is 0.103 e. The number of hydrogen-bond acceptors (Lipinski definition) is 0. The standard InChI is InChI=1S/C20H24/c1-3-5-7-17-9-13-19(14-10-17)20-15-11-18(12-16-20)8-6-4-2/h3H,1,4-9,11,13,15H2,2H3. The molecular formula is C20H24. The second kappa shape index (κ2) is 7.81. The van der Waals surface area contributed by atoms with Crippen LogP contribution in [0.2, 0.25) is 0 Å². The van der Waals surface area contributed by atoms with Gasteiger partial charge in [0.05, 0.1) is 0 Å². The monoisotopic (exact) mass is 264 g/mol. The van der Waals surface area contributed by atoms with Crippen molar-refractivity contribution in [2.24, 2.45) is 0 Å². The lowest BCUT2D eigenvalue weighted by molar-refractivity contribution is 0.742. The molecule has 0 radical (unpaired) electrons. The first-order valence-corrected chi connectivity index (χ1v) is 7.89. The normalized spacial score (nSPS) is 17.2. The van der Waals surface area contributed by atoms with Crippen molar-refractivity contribution in [2.45, 2.75) is 64.7 Å². The van der Waals surface area contributed by atoms with Gasteiger partial charge >= 0.3 is 0 Å². The molecule has 0 bridgehead atoms. The Morgan fingerprint density at radius 2 is 1.50 bits per heavy atom. The minimum absolute atomic E-state index is 1.05. The van der Waals surface area contributed by atoms with Crippen molar-refractivity contribution < 1.29 is 0 Å². The van der Waals surface area contributed by atoms with E-state index in [-0.39, 0.29) is 0 Å². The minimum Gasteiger partial charge on any atom is -0.103 e. The van der Waals surface area contributed by atoms with Crippen LogP contribution in [0.25, 0.3) is 0 Å². The van der Waals surface area contributed by atoms with Gasteiger partial charge in [-0.15, -0.1) is 6.58 Å². The van der Waals surface area contributed by atoms with Gasteiger partial charge in [0.2, 0.25) is 0 Å². The highest BCUT2D eigenvalue weighted by molar-refractivity contribution is 5.35. The third-order valence-electron chi connectivity index (χ3n) is 3.98. The van der Waals surface area contributed by atoms with Crippen LogP contribution in [0, 0.1) is 0 Å². The molecule has 0 aliphatic heterocycles. The van der Waals surface area contributed by atoms with Crippen LogP contribution in [0.1, 0.15) is 64.7 Å². The van der Waals surface area contributed by atoms with Gasteiger partial charge in [-0.25, -0.2) is 0 Å². The Morgan fingerprint density at radius 3 is 1.95 bits per heavy atom. The van der Waals surface area contributed by atoms with Gasteiger partial charge in [-0.05, 0) is 62.5 Å². The fourth-order valence-electron chi connectivity index (χ4n) is 2.62. The van der Waals surface area contributed by atoms with Crippen LogP contribution >= 0.6 is 0 Å². The summed E-state index contributed by atoms with van der Waals surface area (Å²) in [4.78, 5) is 0. The molecule has 0 amide bonds. The molecule has 0 atom stereocenters. The van der Waals surface area contributed by atoms with Crippen molar-refractivity contribution in [3.63, 3.8) is 0 Å². The van der Waals surface area contributed by atoms with E-state index in [0.717, 1.165) is 38.5 Å². The molecule has 0 aromatic carbocycles. The number of hydrogen-bond donors (Lipinski definition) is 0. The highest BCUT2D eigenvalue weighted by Crippen LogP contribution is 2.28. The molecule has 0 fully saturated rings. The van der Waals surface area contributed by atoms with Crippen LogP contribution in [-0.4, -0.2) is 0 Å². The van der Waals surface area contributed by atoms with Gasteiger partial charge in [0, 0.05) is 11.1 Å². The molecule has 0 aromatic heterocycles. The first kappa shape index (κ1) is 14.7. The second-order valence-corrected chi connectivity index (χ2v) is 5.60. The van der Waals surface area contributed by atoms with E-state index in [1.54, 1.807) is 0 Å². The smallest absolute Gasteiger partial charge is 0.0143 e. The third-order valence-corrected chi connectivity index (χ3v) is 3.98. The van der Waals surface area contributed by atoms with Crippen molar-refractivity contribution in [2.75, 3.05) is 0 Å². The summed E-state index contributed by atoms with van der Waals surface area (Å²) in [7, 11) is 0. The van der Waals surface area contributed by atoms with Crippen molar-refractivity contribution >= 4 is 0 Å². The van der Waals surface area contributed by atoms with Crippen LogP contribution in [0.5, 0.6) is 0 Å². The first-order chi connectivity index (χ1) is 9.83. The summed E-state index contributed by atoms with van der Waals surface area (Å²) in [6.45, 7) is 6.01. The summed E-state index contributed by atoms with van der Waals surface area (Å²) in [6.07, 6.45) is 12.3. The maximum Gasteiger partial charge on any atom is 0.0143 e. The van der Waals surface area contributed by atoms with Crippen LogP contribution in [0.4, 0.5) is 0 Å². The molecule has 0 saturated heterocycles. The molecule has 0 aromatic rings. The molecular weight excluding hydrogens is 240 g/mol. The van der Waals surface area contributed by atoms with Gasteiger partial charge in [-0.1, -0.05) is 42.3 Å². The summed E-state index contributed by atoms with van der Waals surface area (Å²) in [5.41, 5.74) is 18.9. The molecule has 0 nitrogen and oxygen atoms in total. The maximum atomic E-state index is 3.77. The Hall–Kier alpha value is -1.66. The second-order valence-electron chi connectivity index (χ2n) is 5.60. The zero-order valence-electron chi connectivity index (χ0n) is 12.6. The summed E-state index contributed by atoms with van der Waals surface area (Å²) in [5, 5.41) is 0. The predicted molar refractivity (Wildman–Crippen MR) is 85.5 cm³/mol. The Bertz CT molecular complexity index is 572. The van der Waals surface area contributed by atoms with Gasteiger partial charge in [-0.2, -0.15) is 0 Å². The van der Waals surface area contributed by atoms with Gasteiger partial charge in [-0.3, -0.25) is 0 Å². The van der Waals surface area contributed by atoms with E-state index in [1.807, 2.05) is 6.08 Å². The van der Waals surface area contributed by atoms with E-state index in [2.05, 4.69) is 36.4 Å². The van der Waals surface area contributed by atoms with Crippen LogP contribution < -0.4 is 0 Å². The van der Waals surface area contributed by atoms with Crippen molar-refractivity contribution in [1.82, 2.24) is 0 Å². The number of allylic oxidation sites excluding steroid dienone is 5. The van der Waals surface area contributed by atoms with E-state index >= 15 is 0 Å². The quantitative estimate of drug-likeness (QED) is 0.394. The Morgan fingerprint density at radius 1 is 0.900 bits per heavy atom. The fourth-order valence-corrected chi connectivity index (χ4v) is 2.62. The summed E-state index contributed by atoms with van der Waals surface area (Å²) in [5.74, 6) is 0. The van der Waals surface area contributed by atoms with Crippen LogP contribution in [0.15, 0.2) is 57.9 Å². The fraction of sp³-hybridized carbons (Fsp3) is 0.500. The Balaban J connectivity index is 2.15. The van der Waals surface area contributed by atoms with Gasteiger partial charge < -0.3 is 0 Å². The lowest BCUT2D eigenvalue weighted by atomic mass is 9.89. The van der Waals surface area contributed by atoms with E-state index in [4.69, 9.17) is 0 Å². The minimum atomic E-state index is 1.05. The lowest BCUT2D eigenvalue weighted by Gasteiger charge is -2.13. The van der Waals surface area contributed by atoms with E-state index in [9.17, 15) is 0 Å².